The van der Waals surface area contributed by atoms with Gasteiger partial charge in [0.2, 0.25) is 0 Å². The molecule has 15 heavy (non-hydrogen) atoms. The monoisotopic (exact) mass is 201 g/mol. The molecule has 0 aliphatic carbocycles. The first-order chi connectivity index (χ1) is 7.36. The van der Waals surface area contributed by atoms with E-state index in [2.05, 4.69) is 30.4 Å². The number of ether oxygens (including phenoxy) is 1. The van der Waals surface area contributed by atoms with Crippen molar-refractivity contribution in [3.8, 4) is 5.75 Å². The molecule has 2 rings (SSSR count). The van der Waals surface area contributed by atoms with Crippen molar-refractivity contribution in [3.63, 3.8) is 0 Å². The average Bonchev–Trinajstić information content (AvgIpc) is 2.30. The lowest BCUT2D eigenvalue weighted by molar-refractivity contribution is 0.420. The summed E-state index contributed by atoms with van der Waals surface area (Å²) < 4.78 is 5.33. The van der Waals surface area contributed by atoms with Crippen molar-refractivity contribution in [2.75, 3.05) is 19.0 Å². The first kappa shape index (κ1) is 9.84. The summed E-state index contributed by atoms with van der Waals surface area (Å²) in [7, 11) is 1.70. The minimum absolute atomic E-state index is 0.923. The molecule has 0 aromatic heterocycles. The van der Waals surface area contributed by atoms with Crippen LogP contribution in [0.2, 0.25) is 0 Å². The predicted molar refractivity (Wildman–Crippen MR) is 64.7 cm³/mol. The Kier molecular flexibility index (Phi) is 2.77. The van der Waals surface area contributed by atoms with Gasteiger partial charge >= 0.3 is 0 Å². The number of anilines is 1. The van der Waals surface area contributed by atoms with E-state index >= 15 is 0 Å². The number of methoxy groups -OCH3 is 1. The molecule has 0 unspecified atom stereocenters. The number of benzene rings is 2. The zero-order valence-electron chi connectivity index (χ0n) is 9.08. The predicted octanol–water partition coefficient (Wildman–Crippen LogP) is 3.28. The molecule has 1 N–H and O–H groups in total. The third-order valence-corrected chi connectivity index (χ3v) is 2.47. The maximum atomic E-state index is 5.33. The molecule has 0 aliphatic rings. The van der Waals surface area contributed by atoms with E-state index in [-0.39, 0.29) is 0 Å². The molecule has 0 fully saturated rings. The SMILES string of the molecule is CCNc1ccc(OC)c2ccccc12. The van der Waals surface area contributed by atoms with Crippen molar-refractivity contribution < 1.29 is 4.74 Å². The Bertz CT molecular complexity index is 465. The Morgan fingerprint density at radius 1 is 1.07 bits per heavy atom. The number of rotatable bonds is 3. The Labute approximate surface area is 89.9 Å². The number of nitrogens with one attached hydrogen (secondary N) is 1. The Balaban J connectivity index is 2.66. The maximum absolute atomic E-state index is 5.33. The Morgan fingerprint density at radius 2 is 1.80 bits per heavy atom. The maximum Gasteiger partial charge on any atom is 0.126 e. The number of fused-ring (bicyclic) bond motifs is 1. The normalized spacial score (nSPS) is 10.3. The molecule has 0 heterocycles. The minimum Gasteiger partial charge on any atom is -0.496 e. The zero-order valence-corrected chi connectivity index (χ0v) is 9.08. The van der Waals surface area contributed by atoms with Crippen LogP contribution >= 0.6 is 0 Å². The lowest BCUT2D eigenvalue weighted by Crippen LogP contribution is -1.97. The van der Waals surface area contributed by atoms with Crippen molar-refractivity contribution in [2.24, 2.45) is 0 Å². The third-order valence-electron chi connectivity index (χ3n) is 2.47. The van der Waals surface area contributed by atoms with Crippen molar-refractivity contribution in [2.45, 2.75) is 6.92 Å². The van der Waals surface area contributed by atoms with Crippen molar-refractivity contribution in [1.29, 1.82) is 0 Å². The molecule has 0 saturated heterocycles. The van der Waals surface area contributed by atoms with Crippen molar-refractivity contribution >= 4 is 16.5 Å². The van der Waals surface area contributed by atoms with E-state index in [1.165, 1.54) is 5.39 Å². The zero-order chi connectivity index (χ0) is 10.7. The van der Waals surface area contributed by atoms with Crippen LogP contribution in [0.1, 0.15) is 6.92 Å². The fourth-order valence-corrected chi connectivity index (χ4v) is 1.79. The van der Waals surface area contributed by atoms with Crippen LogP contribution in [-0.4, -0.2) is 13.7 Å². The second-order valence-corrected chi connectivity index (χ2v) is 3.39. The highest BCUT2D eigenvalue weighted by atomic mass is 16.5. The second kappa shape index (κ2) is 4.22. The topological polar surface area (TPSA) is 21.3 Å². The molecule has 0 atom stereocenters. The van der Waals surface area contributed by atoms with Gasteiger partial charge in [-0.2, -0.15) is 0 Å². The standard InChI is InChI=1S/C13H15NO/c1-3-14-12-8-9-13(15-2)11-7-5-4-6-10(11)12/h4-9,14H,3H2,1-2H3. The van der Waals surface area contributed by atoms with Crippen LogP contribution < -0.4 is 10.1 Å². The van der Waals surface area contributed by atoms with E-state index in [0.29, 0.717) is 0 Å². The highest BCUT2D eigenvalue weighted by Gasteiger charge is 2.04. The van der Waals surface area contributed by atoms with E-state index in [9.17, 15) is 0 Å². The van der Waals surface area contributed by atoms with E-state index in [4.69, 9.17) is 4.74 Å². The van der Waals surface area contributed by atoms with Crippen LogP contribution in [-0.2, 0) is 0 Å². The first-order valence-corrected chi connectivity index (χ1v) is 5.16. The van der Waals surface area contributed by atoms with Gasteiger partial charge in [0.1, 0.15) is 5.75 Å². The molecule has 2 aromatic rings. The highest BCUT2D eigenvalue weighted by molar-refractivity contribution is 5.97. The van der Waals surface area contributed by atoms with Gasteiger partial charge in [0.15, 0.2) is 0 Å². The molecular weight excluding hydrogens is 186 g/mol. The Morgan fingerprint density at radius 3 is 2.47 bits per heavy atom. The number of hydrogen-bond acceptors (Lipinski definition) is 2. The van der Waals surface area contributed by atoms with Gasteiger partial charge in [0.05, 0.1) is 7.11 Å². The molecule has 0 saturated carbocycles. The quantitative estimate of drug-likeness (QED) is 0.822. The molecule has 2 nitrogen and oxygen atoms in total. The first-order valence-electron chi connectivity index (χ1n) is 5.16. The molecular formula is C13H15NO. The van der Waals surface area contributed by atoms with Gasteiger partial charge in [-0.05, 0) is 19.1 Å². The molecule has 0 bridgehead atoms. The summed E-state index contributed by atoms with van der Waals surface area (Å²) in [4.78, 5) is 0. The lowest BCUT2D eigenvalue weighted by atomic mass is 10.1. The van der Waals surface area contributed by atoms with Crippen molar-refractivity contribution in [1.82, 2.24) is 0 Å². The van der Waals surface area contributed by atoms with Gasteiger partial charge in [-0.1, -0.05) is 24.3 Å². The Hall–Kier alpha value is -1.70. The van der Waals surface area contributed by atoms with Gasteiger partial charge in [-0.25, -0.2) is 0 Å². The summed E-state index contributed by atoms with van der Waals surface area (Å²) in [5, 5.41) is 5.70. The van der Waals surface area contributed by atoms with Crippen LogP contribution in [0, 0.1) is 0 Å². The van der Waals surface area contributed by atoms with Crippen LogP contribution in [0.5, 0.6) is 5.75 Å². The van der Waals surface area contributed by atoms with Crippen molar-refractivity contribution in [3.05, 3.63) is 36.4 Å². The van der Waals surface area contributed by atoms with Crippen LogP contribution in [0.4, 0.5) is 5.69 Å². The van der Waals surface area contributed by atoms with E-state index in [0.717, 1.165) is 23.4 Å². The molecule has 0 spiro atoms. The molecule has 0 aliphatic heterocycles. The fraction of sp³-hybridized carbons (Fsp3) is 0.231. The molecule has 0 radical (unpaired) electrons. The van der Waals surface area contributed by atoms with Gasteiger partial charge in [0.25, 0.3) is 0 Å². The van der Waals surface area contributed by atoms with Gasteiger partial charge in [-0.15, -0.1) is 0 Å². The molecule has 0 amide bonds. The minimum atomic E-state index is 0.923. The average molecular weight is 201 g/mol. The van der Waals surface area contributed by atoms with Crippen LogP contribution in [0.3, 0.4) is 0 Å². The third kappa shape index (κ3) is 1.75. The van der Waals surface area contributed by atoms with Gasteiger partial charge in [-0.3, -0.25) is 0 Å². The van der Waals surface area contributed by atoms with E-state index in [1.807, 2.05) is 18.2 Å². The second-order valence-electron chi connectivity index (χ2n) is 3.39. The molecule has 78 valence electrons. The van der Waals surface area contributed by atoms with Gasteiger partial charge < -0.3 is 10.1 Å². The van der Waals surface area contributed by atoms with Gasteiger partial charge in [0, 0.05) is 23.0 Å². The van der Waals surface area contributed by atoms with Crippen LogP contribution in [0.15, 0.2) is 36.4 Å². The summed E-state index contributed by atoms with van der Waals surface area (Å²) in [6.07, 6.45) is 0. The fourth-order valence-electron chi connectivity index (χ4n) is 1.79. The molecule has 2 aromatic carbocycles. The summed E-state index contributed by atoms with van der Waals surface area (Å²) >= 11 is 0. The lowest BCUT2D eigenvalue weighted by Gasteiger charge is -2.10. The highest BCUT2D eigenvalue weighted by Crippen LogP contribution is 2.31. The number of hydrogen-bond donors (Lipinski definition) is 1. The summed E-state index contributed by atoms with van der Waals surface area (Å²) in [5.74, 6) is 0.923. The summed E-state index contributed by atoms with van der Waals surface area (Å²) in [5.41, 5.74) is 1.16. The summed E-state index contributed by atoms with van der Waals surface area (Å²) in [6, 6.07) is 12.3. The largest absolute Gasteiger partial charge is 0.496 e. The smallest absolute Gasteiger partial charge is 0.126 e. The summed E-state index contributed by atoms with van der Waals surface area (Å²) in [6.45, 7) is 3.02. The molecule has 2 heteroatoms. The van der Waals surface area contributed by atoms with E-state index < -0.39 is 0 Å². The van der Waals surface area contributed by atoms with Crippen LogP contribution in [0.25, 0.3) is 10.8 Å². The van der Waals surface area contributed by atoms with E-state index in [1.54, 1.807) is 7.11 Å².